The molecule has 2 aliphatic rings. The summed E-state index contributed by atoms with van der Waals surface area (Å²) < 4.78 is 1.47. The predicted molar refractivity (Wildman–Crippen MR) is 100 cm³/mol. The number of aryl methyl sites for hydroxylation is 2. The summed E-state index contributed by atoms with van der Waals surface area (Å²) in [6.45, 7) is 4.52. The van der Waals surface area contributed by atoms with Gasteiger partial charge in [-0.1, -0.05) is 26.7 Å². The van der Waals surface area contributed by atoms with Crippen molar-refractivity contribution in [1.29, 1.82) is 0 Å². The number of aromatic nitrogens is 2. The smallest absolute Gasteiger partial charge is 0.262 e. The number of thiophene rings is 1. The monoisotopic (exact) mass is 359 g/mol. The van der Waals surface area contributed by atoms with Crippen LogP contribution in [-0.2, 0) is 24.2 Å². The molecule has 0 saturated heterocycles. The fraction of sp³-hybridized carbons (Fsp3) is 0.632. The summed E-state index contributed by atoms with van der Waals surface area (Å²) in [5.74, 6) is 1.03. The van der Waals surface area contributed by atoms with Gasteiger partial charge in [0.15, 0.2) is 0 Å². The number of carbonyl (C=O) groups excluding carboxylic acids is 1. The van der Waals surface area contributed by atoms with Crippen LogP contribution in [0.5, 0.6) is 0 Å². The summed E-state index contributed by atoms with van der Waals surface area (Å²) in [5, 5.41) is 3.89. The first-order valence-corrected chi connectivity index (χ1v) is 10.2. The van der Waals surface area contributed by atoms with Crippen LogP contribution in [-0.4, -0.2) is 21.5 Å². The Balaban J connectivity index is 1.53. The minimum Gasteiger partial charge on any atom is -0.352 e. The van der Waals surface area contributed by atoms with Crippen LogP contribution in [0.2, 0.25) is 0 Å². The molecular formula is C19H25N3O2S. The van der Waals surface area contributed by atoms with Gasteiger partial charge in [0.2, 0.25) is 5.91 Å². The second kappa shape index (κ2) is 6.56. The Kier molecular flexibility index (Phi) is 4.40. The molecule has 0 aliphatic heterocycles. The second-order valence-electron chi connectivity index (χ2n) is 7.66. The highest BCUT2D eigenvalue weighted by Gasteiger charge is 2.28. The molecule has 1 N–H and O–H groups in total. The van der Waals surface area contributed by atoms with E-state index in [4.69, 9.17) is 0 Å². The van der Waals surface area contributed by atoms with Crippen LogP contribution in [0, 0.1) is 11.8 Å². The van der Waals surface area contributed by atoms with E-state index >= 15 is 0 Å². The molecule has 0 spiro atoms. The van der Waals surface area contributed by atoms with Crippen LogP contribution in [0.4, 0.5) is 0 Å². The Hall–Kier alpha value is -1.69. The number of carbonyl (C=O) groups is 1. The van der Waals surface area contributed by atoms with Gasteiger partial charge in [-0.3, -0.25) is 14.2 Å². The third kappa shape index (κ3) is 3.01. The van der Waals surface area contributed by atoms with Gasteiger partial charge in [-0.05, 0) is 43.1 Å². The highest BCUT2D eigenvalue weighted by Crippen LogP contribution is 2.34. The number of fused-ring (bicyclic) bond motifs is 3. The SMILES string of the molecule is C[C@H]1[C@@H](NC(=O)Cn2cnc3sc4c(c3c2=O)CCC4)CCC[C@@H]1C. The van der Waals surface area contributed by atoms with E-state index in [0.717, 1.165) is 42.3 Å². The highest BCUT2D eigenvalue weighted by molar-refractivity contribution is 7.18. The molecule has 5 nitrogen and oxygen atoms in total. The number of hydrogen-bond donors (Lipinski definition) is 1. The number of nitrogens with one attached hydrogen (secondary N) is 1. The average molecular weight is 359 g/mol. The molecule has 2 aromatic rings. The van der Waals surface area contributed by atoms with E-state index in [-0.39, 0.29) is 24.1 Å². The predicted octanol–water partition coefficient (Wildman–Crippen LogP) is 2.89. The molecule has 3 atom stereocenters. The first-order valence-electron chi connectivity index (χ1n) is 9.33. The summed E-state index contributed by atoms with van der Waals surface area (Å²) in [6.07, 6.45) is 8.07. The molecule has 6 heteroatoms. The van der Waals surface area contributed by atoms with Crippen LogP contribution < -0.4 is 10.9 Å². The van der Waals surface area contributed by atoms with E-state index in [0.29, 0.717) is 11.8 Å². The quantitative estimate of drug-likeness (QED) is 0.916. The van der Waals surface area contributed by atoms with Crippen LogP contribution in [0.3, 0.4) is 0 Å². The van der Waals surface area contributed by atoms with Gasteiger partial charge in [-0.25, -0.2) is 4.98 Å². The fourth-order valence-electron chi connectivity index (χ4n) is 4.32. The van der Waals surface area contributed by atoms with Gasteiger partial charge < -0.3 is 5.32 Å². The Labute approximate surface area is 151 Å². The van der Waals surface area contributed by atoms with Crippen molar-refractivity contribution in [3.05, 3.63) is 27.1 Å². The molecule has 2 aromatic heterocycles. The molecule has 0 radical (unpaired) electrons. The Bertz CT molecular complexity index is 869. The molecule has 0 bridgehead atoms. The molecule has 1 amide bonds. The summed E-state index contributed by atoms with van der Waals surface area (Å²) in [7, 11) is 0. The van der Waals surface area contributed by atoms with Crippen LogP contribution in [0.1, 0.15) is 50.0 Å². The van der Waals surface area contributed by atoms with E-state index in [1.807, 2.05) is 0 Å². The standard InChI is InChI=1S/C19H25N3O2S/c1-11-5-3-7-14(12(11)2)21-16(23)9-22-10-20-18-17(19(22)24)13-6-4-8-15(13)25-18/h10-12,14H,3-9H2,1-2H3,(H,21,23)/t11-,12+,14-/m0/s1. The van der Waals surface area contributed by atoms with Crippen molar-refractivity contribution in [3.8, 4) is 0 Å². The van der Waals surface area contributed by atoms with Gasteiger partial charge >= 0.3 is 0 Å². The van der Waals surface area contributed by atoms with Crippen LogP contribution in [0.25, 0.3) is 10.2 Å². The third-order valence-corrected chi connectivity index (χ3v) is 7.26. The second-order valence-corrected chi connectivity index (χ2v) is 8.74. The first-order chi connectivity index (χ1) is 12.0. The van der Waals surface area contributed by atoms with Crippen molar-refractivity contribution >= 4 is 27.5 Å². The minimum absolute atomic E-state index is 0.0595. The van der Waals surface area contributed by atoms with Gasteiger partial charge in [0.1, 0.15) is 11.4 Å². The average Bonchev–Trinajstić information content (AvgIpc) is 3.15. The van der Waals surface area contributed by atoms with Gasteiger partial charge in [-0.15, -0.1) is 11.3 Å². The lowest BCUT2D eigenvalue weighted by Gasteiger charge is -2.34. The normalized spacial score (nSPS) is 25.9. The molecular weight excluding hydrogens is 334 g/mol. The lowest BCUT2D eigenvalue weighted by atomic mass is 9.78. The number of rotatable bonds is 3. The molecule has 2 aliphatic carbocycles. The summed E-state index contributed by atoms with van der Waals surface area (Å²) >= 11 is 1.63. The van der Waals surface area contributed by atoms with Crippen LogP contribution in [0.15, 0.2) is 11.1 Å². The zero-order valence-electron chi connectivity index (χ0n) is 14.9. The van der Waals surface area contributed by atoms with Gasteiger partial charge in [-0.2, -0.15) is 0 Å². The summed E-state index contributed by atoms with van der Waals surface area (Å²) in [4.78, 5) is 31.9. The Morgan fingerprint density at radius 2 is 2.16 bits per heavy atom. The van der Waals surface area contributed by atoms with E-state index in [9.17, 15) is 9.59 Å². The Morgan fingerprint density at radius 3 is 3.00 bits per heavy atom. The van der Waals surface area contributed by atoms with Gasteiger partial charge in [0.05, 0.1) is 11.7 Å². The number of hydrogen-bond acceptors (Lipinski definition) is 4. The largest absolute Gasteiger partial charge is 0.352 e. The van der Waals surface area contributed by atoms with E-state index in [1.165, 1.54) is 27.8 Å². The zero-order valence-corrected chi connectivity index (χ0v) is 15.7. The molecule has 0 aromatic carbocycles. The highest BCUT2D eigenvalue weighted by atomic mass is 32.1. The number of nitrogens with zero attached hydrogens (tertiary/aromatic N) is 2. The van der Waals surface area contributed by atoms with Gasteiger partial charge in [0, 0.05) is 10.9 Å². The van der Waals surface area contributed by atoms with Crippen molar-refractivity contribution in [1.82, 2.24) is 14.9 Å². The minimum atomic E-state index is -0.0823. The molecule has 1 fully saturated rings. The third-order valence-electron chi connectivity index (χ3n) is 6.06. The van der Waals surface area contributed by atoms with Crippen molar-refractivity contribution in [2.24, 2.45) is 11.8 Å². The maximum absolute atomic E-state index is 12.8. The molecule has 2 heterocycles. The lowest BCUT2D eigenvalue weighted by Crippen LogP contribution is -2.45. The molecule has 134 valence electrons. The van der Waals surface area contributed by atoms with E-state index < -0.39 is 0 Å². The summed E-state index contributed by atoms with van der Waals surface area (Å²) in [6, 6.07) is 0.217. The molecule has 0 unspecified atom stereocenters. The van der Waals surface area contributed by atoms with E-state index in [2.05, 4.69) is 24.1 Å². The molecule has 1 saturated carbocycles. The maximum Gasteiger partial charge on any atom is 0.262 e. The Morgan fingerprint density at radius 1 is 1.32 bits per heavy atom. The lowest BCUT2D eigenvalue weighted by molar-refractivity contribution is -0.123. The summed E-state index contributed by atoms with van der Waals surface area (Å²) in [5.41, 5.74) is 1.10. The van der Waals surface area contributed by atoms with Gasteiger partial charge in [0.25, 0.3) is 5.56 Å². The van der Waals surface area contributed by atoms with Crippen molar-refractivity contribution < 1.29 is 4.79 Å². The van der Waals surface area contributed by atoms with Crippen LogP contribution >= 0.6 is 11.3 Å². The number of amides is 1. The maximum atomic E-state index is 12.8. The zero-order chi connectivity index (χ0) is 17.6. The molecule has 25 heavy (non-hydrogen) atoms. The molecule has 4 rings (SSSR count). The van der Waals surface area contributed by atoms with E-state index in [1.54, 1.807) is 11.3 Å². The first kappa shape index (κ1) is 16.8. The van der Waals surface area contributed by atoms with Crippen molar-refractivity contribution in [2.45, 2.75) is 65.0 Å². The van der Waals surface area contributed by atoms with Crippen molar-refractivity contribution in [2.75, 3.05) is 0 Å². The fourth-order valence-corrected chi connectivity index (χ4v) is 5.54. The van der Waals surface area contributed by atoms with Crippen molar-refractivity contribution in [3.63, 3.8) is 0 Å². The topological polar surface area (TPSA) is 64.0 Å².